The summed E-state index contributed by atoms with van der Waals surface area (Å²) < 4.78 is 6.14. The second-order valence-corrected chi connectivity index (χ2v) is 5.68. The molecule has 0 aliphatic carbocycles. The van der Waals surface area contributed by atoms with Crippen LogP contribution < -0.4 is 4.90 Å². The maximum absolute atomic E-state index is 6.14. The molecule has 92 valence electrons. The smallest absolute Gasteiger partial charge is 0.113 e. The van der Waals surface area contributed by atoms with E-state index in [9.17, 15) is 0 Å². The van der Waals surface area contributed by atoms with Crippen LogP contribution in [-0.4, -0.2) is 31.8 Å². The third-order valence-corrected chi connectivity index (χ3v) is 4.17. The van der Waals surface area contributed by atoms with Gasteiger partial charge in [-0.3, -0.25) is 0 Å². The molecule has 2 rings (SSSR count). The van der Waals surface area contributed by atoms with Crippen molar-refractivity contribution in [1.29, 1.82) is 0 Å². The topological polar surface area (TPSA) is 13.7 Å². The highest BCUT2D eigenvalue weighted by molar-refractivity contribution is 5.01. The van der Waals surface area contributed by atoms with E-state index in [0.29, 0.717) is 18.1 Å². The van der Waals surface area contributed by atoms with Crippen molar-refractivity contribution >= 4 is 0 Å². The predicted octanol–water partition coefficient (Wildman–Crippen LogP) is 1.42. The molecule has 0 unspecified atom stereocenters. The van der Waals surface area contributed by atoms with Crippen molar-refractivity contribution < 1.29 is 9.64 Å². The highest BCUT2D eigenvalue weighted by atomic mass is 16.5. The molecule has 0 radical (unpaired) electrons. The molecule has 0 aromatic carbocycles. The fraction of sp³-hybridized carbons (Fsp3) is 0.857. The van der Waals surface area contributed by atoms with Gasteiger partial charge in [0.05, 0.1) is 19.2 Å². The average molecular weight is 224 g/mol. The Hall–Kier alpha value is -0.340. The van der Waals surface area contributed by atoms with Gasteiger partial charge in [-0.15, -0.1) is 0 Å². The Balaban J connectivity index is 1.93. The van der Waals surface area contributed by atoms with Gasteiger partial charge in [0, 0.05) is 18.8 Å². The number of ether oxygens (including phenoxy) is 1. The van der Waals surface area contributed by atoms with E-state index in [2.05, 4.69) is 20.4 Å². The Morgan fingerprint density at radius 3 is 2.62 bits per heavy atom. The van der Waals surface area contributed by atoms with E-state index in [-0.39, 0.29) is 0 Å². The molecule has 2 aliphatic rings. The van der Waals surface area contributed by atoms with Crippen molar-refractivity contribution in [3.05, 3.63) is 12.2 Å². The Morgan fingerprint density at radius 1 is 1.31 bits per heavy atom. The molecule has 2 saturated heterocycles. The normalized spacial score (nSPS) is 36.5. The van der Waals surface area contributed by atoms with Crippen molar-refractivity contribution in [2.45, 2.75) is 51.7 Å². The van der Waals surface area contributed by atoms with Crippen LogP contribution in [0.5, 0.6) is 0 Å². The summed E-state index contributed by atoms with van der Waals surface area (Å²) >= 11 is 0. The van der Waals surface area contributed by atoms with Gasteiger partial charge < -0.3 is 9.64 Å². The van der Waals surface area contributed by atoms with Crippen molar-refractivity contribution in [1.82, 2.24) is 0 Å². The predicted molar refractivity (Wildman–Crippen MR) is 66.7 cm³/mol. The molecule has 0 aromatic heterocycles. The van der Waals surface area contributed by atoms with Crippen LogP contribution in [0.4, 0.5) is 0 Å². The molecule has 0 spiro atoms. The Morgan fingerprint density at radius 2 is 2.00 bits per heavy atom. The Labute approximate surface area is 99.7 Å². The van der Waals surface area contributed by atoms with Gasteiger partial charge in [0.2, 0.25) is 0 Å². The lowest BCUT2D eigenvalue weighted by molar-refractivity contribution is -0.891. The van der Waals surface area contributed by atoms with Gasteiger partial charge in [0.1, 0.15) is 12.6 Å². The first-order valence-electron chi connectivity index (χ1n) is 6.81. The van der Waals surface area contributed by atoms with Gasteiger partial charge in [-0.2, -0.15) is 0 Å². The molecular formula is C14H26NO+. The van der Waals surface area contributed by atoms with Gasteiger partial charge in [0.25, 0.3) is 0 Å². The standard InChI is InChI=1S/C14H25NO/c1-11(2)13-7-6-12(3)16-14(13)10-15-8-4-5-9-15/h12-14H,1,4-10H2,2-3H3/p+1/t12-,13+,14-/m0/s1. The monoisotopic (exact) mass is 224 g/mol. The third kappa shape index (κ3) is 2.86. The summed E-state index contributed by atoms with van der Waals surface area (Å²) in [4.78, 5) is 1.74. The van der Waals surface area contributed by atoms with E-state index in [1.807, 2.05) is 0 Å². The highest BCUT2D eigenvalue weighted by Gasteiger charge is 2.33. The first-order chi connectivity index (χ1) is 7.66. The van der Waals surface area contributed by atoms with Crippen LogP contribution in [0.25, 0.3) is 0 Å². The van der Waals surface area contributed by atoms with Gasteiger partial charge in [-0.05, 0) is 26.7 Å². The molecule has 2 heterocycles. The second-order valence-electron chi connectivity index (χ2n) is 5.68. The van der Waals surface area contributed by atoms with Crippen molar-refractivity contribution in [3.63, 3.8) is 0 Å². The van der Waals surface area contributed by atoms with E-state index >= 15 is 0 Å². The minimum atomic E-state index is 0.425. The molecule has 16 heavy (non-hydrogen) atoms. The van der Waals surface area contributed by atoms with E-state index in [1.165, 1.54) is 50.9 Å². The first kappa shape index (κ1) is 12.1. The highest BCUT2D eigenvalue weighted by Crippen LogP contribution is 2.29. The summed E-state index contributed by atoms with van der Waals surface area (Å²) in [7, 11) is 0. The van der Waals surface area contributed by atoms with Gasteiger partial charge in [-0.1, -0.05) is 12.2 Å². The van der Waals surface area contributed by atoms with Crippen LogP contribution in [0.2, 0.25) is 0 Å². The molecule has 1 N–H and O–H groups in total. The van der Waals surface area contributed by atoms with E-state index in [1.54, 1.807) is 4.90 Å². The summed E-state index contributed by atoms with van der Waals surface area (Å²) in [5, 5.41) is 0. The minimum absolute atomic E-state index is 0.425. The third-order valence-electron chi connectivity index (χ3n) is 4.17. The summed E-state index contributed by atoms with van der Waals surface area (Å²) in [6.07, 6.45) is 6.14. The first-order valence-corrected chi connectivity index (χ1v) is 6.81. The SMILES string of the molecule is C=C(C)[C@H]1CC[C@H](C)O[C@H]1C[NH+]1CCCC1. The van der Waals surface area contributed by atoms with E-state index in [4.69, 9.17) is 4.74 Å². The molecule has 0 amide bonds. The number of likely N-dealkylation sites (tertiary alicyclic amines) is 1. The Kier molecular flexibility index (Phi) is 4.04. The molecule has 0 bridgehead atoms. The summed E-state index contributed by atoms with van der Waals surface area (Å²) in [6, 6.07) is 0. The van der Waals surface area contributed by atoms with E-state index < -0.39 is 0 Å². The van der Waals surface area contributed by atoms with Crippen LogP contribution in [0, 0.1) is 5.92 Å². The quantitative estimate of drug-likeness (QED) is 0.716. The van der Waals surface area contributed by atoms with Crippen LogP contribution in [0.15, 0.2) is 12.2 Å². The van der Waals surface area contributed by atoms with Crippen molar-refractivity contribution in [3.8, 4) is 0 Å². The largest absolute Gasteiger partial charge is 0.369 e. The zero-order valence-electron chi connectivity index (χ0n) is 10.8. The van der Waals surface area contributed by atoms with E-state index in [0.717, 1.165) is 0 Å². The maximum Gasteiger partial charge on any atom is 0.113 e. The maximum atomic E-state index is 6.14. The van der Waals surface area contributed by atoms with Gasteiger partial charge >= 0.3 is 0 Å². The minimum Gasteiger partial charge on any atom is -0.369 e. The lowest BCUT2D eigenvalue weighted by Crippen LogP contribution is -3.11. The van der Waals surface area contributed by atoms with Crippen molar-refractivity contribution in [2.24, 2.45) is 5.92 Å². The fourth-order valence-corrected chi connectivity index (χ4v) is 3.18. The van der Waals surface area contributed by atoms with Gasteiger partial charge in [-0.25, -0.2) is 0 Å². The zero-order chi connectivity index (χ0) is 11.5. The molecule has 2 aliphatic heterocycles. The summed E-state index contributed by atoms with van der Waals surface area (Å²) in [5.41, 5.74) is 1.32. The lowest BCUT2D eigenvalue weighted by atomic mass is 9.86. The number of hydrogen-bond donors (Lipinski definition) is 1. The molecule has 2 heteroatoms. The number of nitrogens with one attached hydrogen (secondary N) is 1. The average Bonchev–Trinajstić information content (AvgIpc) is 2.70. The zero-order valence-corrected chi connectivity index (χ0v) is 10.8. The van der Waals surface area contributed by atoms with Crippen LogP contribution >= 0.6 is 0 Å². The Bertz CT molecular complexity index is 245. The molecule has 2 nitrogen and oxygen atoms in total. The van der Waals surface area contributed by atoms with Crippen molar-refractivity contribution in [2.75, 3.05) is 19.6 Å². The molecule has 2 fully saturated rings. The number of rotatable bonds is 3. The molecule has 0 aromatic rings. The molecule has 0 saturated carbocycles. The number of quaternary nitrogens is 1. The summed E-state index contributed by atoms with van der Waals surface area (Å²) in [6.45, 7) is 12.4. The lowest BCUT2D eigenvalue weighted by Gasteiger charge is -2.36. The molecule has 3 atom stereocenters. The second kappa shape index (κ2) is 5.33. The number of hydrogen-bond acceptors (Lipinski definition) is 1. The van der Waals surface area contributed by atoms with Crippen LogP contribution in [0.1, 0.15) is 39.5 Å². The fourth-order valence-electron chi connectivity index (χ4n) is 3.18. The van der Waals surface area contributed by atoms with Crippen LogP contribution in [0.3, 0.4) is 0 Å². The summed E-state index contributed by atoms with van der Waals surface area (Å²) in [5.74, 6) is 0.601. The van der Waals surface area contributed by atoms with Crippen LogP contribution in [-0.2, 0) is 4.74 Å². The molecular weight excluding hydrogens is 198 g/mol. The van der Waals surface area contributed by atoms with Gasteiger partial charge in [0.15, 0.2) is 0 Å².